The molecule has 0 saturated carbocycles. The number of rotatable bonds is 4. The van der Waals surface area contributed by atoms with Crippen molar-refractivity contribution in [1.29, 1.82) is 0 Å². The van der Waals surface area contributed by atoms with E-state index in [1.807, 2.05) is 6.92 Å². The molecule has 21 heavy (non-hydrogen) atoms. The predicted molar refractivity (Wildman–Crippen MR) is 81.5 cm³/mol. The van der Waals surface area contributed by atoms with Gasteiger partial charge in [-0.15, -0.1) is 0 Å². The van der Waals surface area contributed by atoms with Gasteiger partial charge >= 0.3 is 0 Å². The minimum atomic E-state index is -1.38. The third kappa shape index (κ3) is 4.14. The summed E-state index contributed by atoms with van der Waals surface area (Å²) in [5.74, 6) is 0.0661. The Labute approximate surface area is 131 Å². The van der Waals surface area contributed by atoms with Gasteiger partial charge < -0.3 is 10.4 Å². The number of aliphatic hydroxyl groups excluding tert-OH is 1. The zero-order valence-electron chi connectivity index (χ0n) is 11.2. The fourth-order valence-electron chi connectivity index (χ4n) is 1.70. The highest BCUT2D eigenvalue weighted by Gasteiger charge is 2.18. The van der Waals surface area contributed by atoms with Gasteiger partial charge in [0, 0.05) is 16.5 Å². The number of anilines is 1. The van der Waals surface area contributed by atoms with E-state index in [4.69, 9.17) is 23.2 Å². The summed E-state index contributed by atoms with van der Waals surface area (Å²) in [7, 11) is 0. The van der Waals surface area contributed by atoms with Crippen molar-refractivity contribution in [1.82, 2.24) is 9.97 Å². The Kier molecular flexibility index (Phi) is 5.12. The number of nitrogens with one attached hydrogen (secondary N) is 1. The molecule has 0 aliphatic heterocycles. The second-order valence-electron chi connectivity index (χ2n) is 4.34. The molecule has 0 aliphatic rings. The largest absolute Gasteiger partial charge is 0.378 e. The van der Waals surface area contributed by atoms with Gasteiger partial charge in [0.15, 0.2) is 6.10 Å². The van der Waals surface area contributed by atoms with Crippen LogP contribution in [0.15, 0.2) is 30.6 Å². The lowest BCUT2D eigenvalue weighted by Crippen LogP contribution is -2.21. The Hall–Kier alpha value is -1.69. The lowest BCUT2D eigenvalue weighted by molar-refractivity contribution is -0.124. The number of halogens is 2. The van der Waals surface area contributed by atoms with Crippen molar-refractivity contribution in [3.05, 3.63) is 52.0 Å². The number of carbonyl (C=O) groups is 1. The van der Waals surface area contributed by atoms with Crippen molar-refractivity contribution in [3.8, 4) is 0 Å². The molecule has 2 aromatic rings. The van der Waals surface area contributed by atoms with Crippen molar-refractivity contribution in [2.45, 2.75) is 19.4 Å². The minimum absolute atomic E-state index is 0.316. The second kappa shape index (κ2) is 6.85. The fraction of sp³-hybridized carbons (Fsp3) is 0.214. The summed E-state index contributed by atoms with van der Waals surface area (Å²) < 4.78 is 0. The molecule has 2 N–H and O–H groups in total. The van der Waals surface area contributed by atoms with E-state index < -0.39 is 12.0 Å². The summed E-state index contributed by atoms with van der Waals surface area (Å²) in [5, 5.41) is 13.3. The van der Waals surface area contributed by atoms with Crippen LogP contribution in [0.2, 0.25) is 10.0 Å². The van der Waals surface area contributed by atoms with Crippen LogP contribution in [0.25, 0.3) is 0 Å². The molecule has 1 unspecified atom stereocenters. The van der Waals surface area contributed by atoms with Gasteiger partial charge in [-0.3, -0.25) is 4.79 Å². The Balaban J connectivity index is 2.11. The Morgan fingerprint density at radius 3 is 2.33 bits per heavy atom. The molecular weight excluding hydrogens is 313 g/mol. The maximum absolute atomic E-state index is 12.0. The Morgan fingerprint density at radius 1 is 1.24 bits per heavy atom. The Bertz CT molecular complexity index is 627. The molecule has 0 bridgehead atoms. The lowest BCUT2D eigenvalue weighted by atomic mass is 10.1. The molecule has 0 spiro atoms. The van der Waals surface area contributed by atoms with E-state index in [0.29, 0.717) is 33.5 Å². The molecule has 1 heterocycles. The molecule has 0 fully saturated rings. The van der Waals surface area contributed by atoms with Crippen molar-refractivity contribution in [2.75, 3.05) is 5.32 Å². The first-order valence-corrected chi connectivity index (χ1v) is 7.01. The number of aryl methyl sites for hydroxylation is 1. The van der Waals surface area contributed by atoms with Crippen LogP contribution in [-0.4, -0.2) is 21.0 Å². The topological polar surface area (TPSA) is 75.1 Å². The molecule has 0 saturated heterocycles. The number of hydrogen-bond acceptors (Lipinski definition) is 4. The van der Waals surface area contributed by atoms with Crippen molar-refractivity contribution >= 4 is 34.8 Å². The summed E-state index contributed by atoms with van der Waals surface area (Å²) in [6.45, 7) is 1.93. The number of aliphatic hydroxyl groups is 1. The summed E-state index contributed by atoms with van der Waals surface area (Å²) in [6, 6.07) is 4.48. The molecular formula is C14H13Cl2N3O2. The van der Waals surface area contributed by atoms with E-state index in [2.05, 4.69) is 15.3 Å². The summed E-state index contributed by atoms with van der Waals surface area (Å²) in [5.41, 5.74) is 0.723. The van der Waals surface area contributed by atoms with E-state index in [-0.39, 0.29) is 0 Å². The molecule has 1 aromatic carbocycles. The number of hydrogen-bond donors (Lipinski definition) is 2. The maximum atomic E-state index is 12.0. The first-order chi connectivity index (χ1) is 9.99. The molecule has 1 amide bonds. The van der Waals surface area contributed by atoms with Crippen LogP contribution in [0.3, 0.4) is 0 Å². The first kappa shape index (κ1) is 15.7. The minimum Gasteiger partial charge on any atom is -0.378 e. The SMILES string of the molecule is CCc1ncc(NC(=O)C(O)c2cc(Cl)cc(Cl)c2)cn1. The maximum Gasteiger partial charge on any atom is 0.257 e. The highest BCUT2D eigenvalue weighted by Crippen LogP contribution is 2.24. The average molecular weight is 326 g/mol. The fourth-order valence-corrected chi connectivity index (χ4v) is 2.24. The van der Waals surface area contributed by atoms with E-state index in [9.17, 15) is 9.90 Å². The van der Waals surface area contributed by atoms with Gasteiger partial charge in [-0.2, -0.15) is 0 Å². The van der Waals surface area contributed by atoms with Crippen LogP contribution in [0, 0.1) is 0 Å². The van der Waals surface area contributed by atoms with Crippen molar-refractivity contribution in [3.63, 3.8) is 0 Å². The monoisotopic (exact) mass is 325 g/mol. The van der Waals surface area contributed by atoms with Crippen LogP contribution < -0.4 is 5.32 Å². The molecule has 0 radical (unpaired) electrons. The van der Waals surface area contributed by atoms with Crippen LogP contribution in [-0.2, 0) is 11.2 Å². The third-order valence-corrected chi connectivity index (χ3v) is 3.17. The van der Waals surface area contributed by atoms with Crippen LogP contribution in [0.5, 0.6) is 0 Å². The number of carbonyl (C=O) groups excluding carboxylic acids is 1. The summed E-state index contributed by atoms with van der Waals surface area (Å²) in [6.07, 6.45) is 2.30. The van der Waals surface area contributed by atoms with Gasteiger partial charge in [0.05, 0.1) is 18.1 Å². The molecule has 1 atom stereocenters. The molecule has 110 valence electrons. The number of benzene rings is 1. The number of nitrogens with zero attached hydrogens (tertiary/aromatic N) is 2. The first-order valence-electron chi connectivity index (χ1n) is 6.25. The molecule has 2 rings (SSSR count). The normalized spacial score (nSPS) is 12.0. The van der Waals surface area contributed by atoms with Crippen molar-refractivity contribution < 1.29 is 9.90 Å². The molecule has 5 nitrogen and oxygen atoms in total. The second-order valence-corrected chi connectivity index (χ2v) is 5.21. The third-order valence-electron chi connectivity index (χ3n) is 2.74. The van der Waals surface area contributed by atoms with Gasteiger partial charge in [0.25, 0.3) is 5.91 Å². The van der Waals surface area contributed by atoms with Gasteiger partial charge in [-0.1, -0.05) is 30.1 Å². The van der Waals surface area contributed by atoms with Gasteiger partial charge in [-0.25, -0.2) is 9.97 Å². The van der Waals surface area contributed by atoms with Crippen LogP contribution in [0.4, 0.5) is 5.69 Å². The lowest BCUT2D eigenvalue weighted by Gasteiger charge is -2.12. The predicted octanol–water partition coefficient (Wildman–Crippen LogP) is 3.02. The quantitative estimate of drug-likeness (QED) is 0.906. The molecule has 7 heteroatoms. The highest BCUT2D eigenvalue weighted by molar-refractivity contribution is 6.34. The van der Waals surface area contributed by atoms with E-state index in [0.717, 1.165) is 0 Å². The van der Waals surface area contributed by atoms with E-state index >= 15 is 0 Å². The standard InChI is InChI=1S/C14H13Cl2N3O2/c1-2-12-17-6-11(7-18-12)19-14(21)13(20)8-3-9(15)5-10(16)4-8/h3-7,13,20H,2H2,1H3,(H,19,21). The van der Waals surface area contributed by atoms with E-state index in [1.165, 1.54) is 30.6 Å². The zero-order chi connectivity index (χ0) is 15.4. The van der Waals surface area contributed by atoms with Gasteiger partial charge in [0.2, 0.25) is 0 Å². The smallest absolute Gasteiger partial charge is 0.257 e. The van der Waals surface area contributed by atoms with Gasteiger partial charge in [-0.05, 0) is 23.8 Å². The highest BCUT2D eigenvalue weighted by atomic mass is 35.5. The zero-order valence-corrected chi connectivity index (χ0v) is 12.7. The Morgan fingerprint density at radius 2 is 1.81 bits per heavy atom. The summed E-state index contributed by atoms with van der Waals surface area (Å²) in [4.78, 5) is 20.1. The van der Waals surface area contributed by atoms with Gasteiger partial charge in [0.1, 0.15) is 5.82 Å². The number of aromatic nitrogens is 2. The van der Waals surface area contributed by atoms with Crippen LogP contribution >= 0.6 is 23.2 Å². The molecule has 1 aromatic heterocycles. The summed E-state index contributed by atoms with van der Waals surface area (Å²) >= 11 is 11.7. The number of amides is 1. The van der Waals surface area contributed by atoms with Crippen LogP contribution in [0.1, 0.15) is 24.4 Å². The average Bonchev–Trinajstić information content (AvgIpc) is 2.46. The molecule has 0 aliphatic carbocycles. The van der Waals surface area contributed by atoms with Crippen molar-refractivity contribution in [2.24, 2.45) is 0 Å². The van der Waals surface area contributed by atoms with E-state index in [1.54, 1.807) is 0 Å².